The fourth-order valence-corrected chi connectivity index (χ4v) is 5.11. The summed E-state index contributed by atoms with van der Waals surface area (Å²) in [4.78, 5) is 23.9. The second-order valence-corrected chi connectivity index (χ2v) is 8.89. The van der Waals surface area contributed by atoms with Gasteiger partial charge in [0.2, 0.25) is 5.91 Å². The van der Waals surface area contributed by atoms with Gasteiger partial charge in [0.1, 0.15) is 11.5 Å². The summed E-state index contributed by atoms with van der Waals surface area (Å²) in [6.45, 7) is 0.388. The molecule has 2 amide bonds. The molecular weight excluding hydrogens is 407 g/mol. The average Bonchev–Trinajstić information content (AvgIpc) is 3.23. The van der Waals surface area contributed by atoms with E-state index in [1.165, 1.54) is 5.01 Å². The van der Waals surface area contributed by atoms with E-state index in [-0.39, 0.29) is 12.8 Å². The molecule has 0 saturated carbocycles. The Morgan fingerprint density at radius 2 is 1.60 bits per heavy atom. The number of carbonyl (C=O) groups is 2. The number of amides is 2. The highest BCUT2D eigenvalue weighted by atomic mass is 31.2. The Hall–Kier alpha value is -2.87. The Labute approximate surface area is 174 Å². The maximum atomic E-state index is 14.0. The summed E-state index contributed by atoms with van der Waals surface area (Å²) >= 11 is 0. The van der Waals surface area contributed by atoms with Gasteiger partial charge in [0, 0.05) is 13.0 Å². The molecule has 1 fully saturated rings. The van der Waals surface area contributed by atoms with Crippen molar-refractivity contribution in [2.24, 2.45) is 11.5 Å². The minimum absolute atomic E-state index is 0.0237. The number of para-hydroxylation sites is 2. The minimum atomic E-state index is -3.90. The van der Waals surface area contributed by atoms with Crippen LogP contribution in [0.1, 0.15) is 19.3 Å². The molecular formula is C20H25N4O5P. The summed E-state index contributed by atoms with van der Waals surface area (Å²) in [5.74, 6) is -1.24. The molecule has 30 heavy (non-hydrogen) atoms. The van der Waals surface area contributed by atoms with Gasteiger partial charge < -0.3 is 20.5 Å². The van der Waals surface area contributed by atoms with Gasteiger partial charge in [0.25, 0.3) is 5.91 Å². The van der Waals surface area contributed by atoms with Crippen LogP contribution < -0.4 is 25.9 Å². The summed E-state index contributed by atoms with van der Waals surface area (Å²) < 4.78 is 25.6. The van der Waals surface area contributed by atoms with Gasteiger partial charge in [-0.15, -0.1) is 0 Å². The lowest BCUT2D eigenvalue weighted by Gasteiger charge is -2.31. The van der Waals surface area contributed by atoms with Crippen LogP contribution in [0, 0.1) is 0 Å². The van der Waals surface area contributed by atoms with Gasteiger partial charge >= 0.3 is 7.60 Å². The maximum absolute atomic E-state index is 14.0. The molecule has 5 N–H and O–H groups in total. The molecule has 2 atom stereocenters. The Kier molecular flexibility index (Phi) is 7.10. The molecule has 160 valence electrons. The van der Waals surface area contributed by atoms with Crippen LogP contribution in [-0.4, -0.2) is 35.2 Å². The van der Waals surface area contributed by atoms with Crippen molar-refractivity contribution in [2.75, 3.05) is 6.54 Å². The van der Waals surface area contributed by atoms with E-state index in [1.54, 1.807) is 60.7 Å². The summed E-state index contributed by atoms with van der Waals surface area (Å²) in [6.07, 6.45) is 0.401. The van der Waals surface area contributed by atoms with Gasteiger partial charge in [0.15, 0.2) is 5.78 Å². The van der Waals surface area contributed by atoms with E-state index in [4.69, 9.17) is 20.5 Å². The van der Waals surface area contributed by atoms with Crippen LogP contribution >= 0.6 is 7.60 Å². The number of hydrogen-bond donors (Lipinski definition) is 3. The molecule has 0 spiro atoms. The third-order valence-electron chi connectivity index (χ3n) is 4.56. The molecule has 1 aliphatic heterocycles. The van der Waals surface area contributed by atoms with Gasteiger partial charge in [-0.25, -0.2) is 9.99 Å². The third kappa shape index (κ3) is 5.38. The van der Waals surface area contributed by atoms with Crippen LogP contribution in [0.5, 0.6) is 11.5 Å². The zero-order valence-electron chi connectivity index (χ0n) is 16.3. The summed E-state index contributed by atoms with van der Waals surface area (Å²) in [5.41, 5.74) is 14.0. The fraction of sp³-hybridized carbons (Fsp3) is 0.300. The molecule has 0 aromatic heterocycles. The molecule has 2 aromatic rings. The Morgan fingerprint density at radius 3 is 2.10 bits per heavy atom. The SMILES string of the molecule is NC(=O)CC[C@H](N)C(=O)N1NCCC1P(=O)(Oc1ccccc1)Oc1ccccc1. The predicted octanol–water partition coefficient (Wildman–Crippen LogP) is 1.99. The van der Waals surface area contributed by atoms with E-state index in [0.717, 1.165) is 0 Å². The number of hydrazine groups is 1. The van der Waals surface area contributed by atoms with Crippen LogP contribution in [-0.2, 0) is 14.2 Å². The molecule has 3 rings (SSSR count). The lowest BCUT2D eigenvalue weighted by atomic mass is 10.1. The first-order chi connectivity index (χ1) is 14.4. The highest BCUT2D eigenvalue weighted by molar-refractivity contribution is 7.55. The highest BCUT2D eigenvalue weighted by Gasteiger charge is 2.48. The quantitative estimate of drug-likeness (QED) is 0.515. The molecule has 9 nitrogen and oxygen atoms in total. The van der Waals surface area contributed by atoms with Crippen molar-refractivity contribution in [2.45, 2.75) is 31.1 Å². The van der Waals surface area contributed by atoms with E-state index in [9.17, 15) is 14.2 Å². The summed E-state index contributed by atoms with van der Waals surface area (Å²) in [7, 11) is -3.90. The first kappa shape index (κ1) is 21.8. The standard InChI is InChI=1S/C20H25N4O5P/c21-17(11-12-18(22)25)20(26)24-19(13-14-23-24)30(27,28-15-7-3-1-4-8-15)29-16-9-5-2-6-10-16/h1-10,17,19,23H,11-14,21H2,(H2,22,25)/t17-,19?/m0/s1. The molecule has 2 aromatic carbocycles. The number of nitrogens with one attached hydrogen (secondary N) is 1. The van der Waals surface area contributed by atoms with E-state index in [1.807, 2.05) is 0 Å². The van der Waals surface area contributed by atoms with Crippen molar-refractivity contribution in [1.29, 1.82) is 0 Å². The number of rotatable bonds is 9. The lowest BCUT2D eigenvalue weighted by molar-refractivity contribution is -0.135. The van der Waals surface area contributed by atoms with Crippen molar-refractivity contribution in [3.05, 3.63) is 60.7 Å². The minimum Gasteiger partial charge on any atom is -0.415 e. The number of primary amides is 1. The van der Waals surface area contributed by atoms with Crippen molar-refractivity contribution >= 4 is 19.4 Å². The Morgan fingerprint density at radius 1 is 1.07 bits per heavy atom. The van der Waals surface area contributed by atoms with Crippen molar-refractivity contribution < 1.29 is 23.2 Å². The molecule has 0 bridgehead atoms. The molecule has 1 unspecified atom stereocenters. The van der Waals surface area contributed by atoms with Crippen LogP contribution in [0.3, 0.4) is 0 Å². The molecule has 0 radical (unpaired) electrons. The van der Waals surface area contributed by atoms with Crippen LogP contribution in [0.2, 0.25) is 0 Å². The van der Waals surface area contributed by atoms with Crippen molar-refractivity contribution in [1.82, 2.24) is 10.4 Å². The Bertz CT molecular complexity index is 866. The normalized spacial score (nSPS) is 17.4. The topological polar surface area (TPSA) is 137 Å². The zero-order valence-corrected chi connectivity index (χ0v) is 17.2. The Balaban J connectivity index is 1.86. The number of nitrogens with zero attached hydrogens (tertiary/aromatic N) is 1. The summed E-state index contributed by atoms with van der Waals surface area (Å²) in [5, 5.41) is 1.21. The highest BCUT2D eigenvalue weighted by Crippen LogP contribution is 2.55. The number of carbonyl (C=O) groups excluding carboxylic acids is 2. The third-order valence-corrected chi connectivity index (χ3v) is 6.71. The number of benzene rings is 2. The van der Waals surface area contributed by atoms with Gasteiger partial charge in [0.05, 0.1) is 6.04 Å². The smallest absolute Gasteiger partial charge is 0.415 e. The fourth-order valence-electron chi connectivity index (χ4n) is 3.07. The van der Waals surface area contributed by atoms with Crippen molar-refractivity contribution in [3.63, 3.8) is 0 Å². The first-order valence-electron chi connectivity index (χ1n) is 9.58. The summed E-state index contributed by atoms with van der Waals surface area (Å²) in [6, 6.07) is 16.3. The second-order valence-electron chi connectivity index (χ2n) is 6.85. The molecule has 0 aliphatic carbocycles. The van der Waals surface area contributed by atoms with Gasteiger partial charge in [-0.1, -0.05) is 36.4 Å². The van der Waals surface area contributed by atoms with Crippen molar-refractivity contribution in [3.8, 4) is 11.5 Å². The van der Waals surface area contributed by atoms with E-state index in [2.05, 4.69) is 5.43 Å². The van der Waals surface area contributed by atoms with Gasteiger partial charge in [-0.3, -0.25) is 14.6 Å². The van der Waals surface area contributed by atoms with E-state index >= 15 is 0 Å². The molecule has 1 heterocycles. The van der Waals surface area contributed by atoms with Crippen LogP contribution in [0.25, 0.3) is 0 Å². The van der Waals surface area contributed by atoms with Gasteiger partial charge in [-0.05, 0) is 37.1 Å². The maximum Gasteiger partial charge on any atom is 0.454 e. The van der Waals surface area contributed by atoms with Gasteiger partial charge in [-0.2, -0.15) is 0 Å². The predicted molar refractivity (Wildman–Crippen MR) is 111 cm³/mol. The van der Waals surface area contributed by atoms with E-state index < -0.39 is 31.2 Å². The monoisotopic (exact) mass is 432 g/mol. The van der Waals surface area contributed by atoms with Crippen LogP contribution in [0.15, 0.2) is 60.7 Å². The zero-order chi connectivity index (χ0) is 21.6. The molecule has 1 aliphatic rings. The van der Waals surface area contributed by atoms with E-state index in [0.29, 0.717) is 24.5 Å². The first-order valence-corrected chi connectivity index (χ1v) is 11.2. The molecule has 10 heteroatoms. The molecule has 1 saturated heterocycles. The number of hydrogen-bond acceptors (Lipinski definition) is 7. The average molecular weight is 432 g/mol. The largest absolute Gasteiger partial charge is 0.454 e. The second kappa shape index (κ2) is 9.75. The number of nitrogens with two attached hydrogens (primary N) is 2. The lowest BCUT2D eigenvalue weighted by Crippen LogP contribution is -2.51. The van der Waals surface area contributed by atoms with Crippen LogP contribution in [0.4, 0.5) is 0 Å².